The SMILES string of the molecule is COC(=O)c1ccccc1CNC1CCCC1OC. The normalized spacial score (nSPS) is 22.4. The molecule has 0 aromatic heterocycles. The number of hydrogen-bond acceptors (Lipinski definition) is 4. The summed E-state index contributed by atoms with van der Waals surface area (Å²) in [5.74, 6) is -0.285. The average molecular weight is 263 g/mol. The zero-order valence-electron chi connectivity index (χ0n) is 11.5. The molecule has 1 saturated carbocycles. The van der Waals surface area contributed by atoms with E-state index in [2.05, 4.69) is 5.32 Å². The van der Waals surface area contributed by atoms with Gasteiger partial charge >= 0.3 is 5.97 Å². The number of carbonyl (C=O) groups excluding carboxylic acids is 1. The van der Waals surface area contributed by atoms with Crippen molar-refractivity contribution in [1.29, 1.82) is 0 Å². The summed E-state index contributed by atoms with van der Waals surface area (Å²) in [6, 6.07) is 7.91. The lowest BCUT2D eigenvalue weighted by Crippen LogP contribution is -2.36. The second kappa shape index (κ2) is 6.68. The summed E-state index contributed by atoms with van der Waals surface area (Å²) < 4.78 is 10.3. The number of ether oxygens (including phenoxy) is 2. The van der Waals surface area contributed by atoms with E-state index in [0.29, 0.717) is 18.2 Å². The standard InChI is InChI=1S/C15H21NO3/c1-18-14-9-5-8-13(14)16-10-11-6-3-4-7-12(11)15(17)19-2/h3-4,6-7,13-14,16H,5,8-10H2,1-2H3. The van der Waals surface area contributed by atoms with Gasteiger partial charge in [-0.1, -0.05) is 18.2 Å². The minimum atomic E-state index is -0.285. The highest BCUT2D eigenvalue weighted by atomic mass is 16.5. The van der Waals surface area contributed by atoms with Gasteiger partial charge in [-0.15, -0.1) is 0 Å². The number of nitrogens with one attached hydrogen (secondary N) is 1. The van der Waals surface area contributed by atoms with Crippen molar-refractivity contribution in [2.24, 2.45) is 0 Å². The van der Waals surface area contributed by atoms with E-state index in [1.54, 1.807) is 13.2 Å². The van der Waals surface area contributed by atoms with E-state index in [1.165, 1.54) is 13.5 Å². The second-order valence-electron chi connectivity index (χ2n) is 4.84. The fourth-order valence-electron chi connectivity index (χ4n) is 2.67. The molecule has 1 aromatic rings. The molecule has 4 heteroatoms. The first-order valence-corrected chi connectivity index (χ1v) is 6.68. The van der Waals surface area contributed by atoms with Gasteiger partial charge in [0.15, 0.2) is 0 Å². The average Bonchev–Trinajstić information content (AvgIpc) is 2.92. The molecule has 0 aliphatic heterocycles. The second-order valence-corrected chi connectivity index (χ2v) is 4.84. The van der Waals surface area contributed by atoms with Gasteiger partial charge in [0.25, 0.3) is 0 Å². The topological polar surface area (TPSA) is 47.6 Å². The highest BCUT2D eigenvalue weighted by Gasteiger charge is 2.26. The maximum absolute atomic E-state index is 11.7. The van der Waals surface area contributed by atoms with E-state index in [1.807, 2.05) is 18.2 Å². The van der Waals surface area contributed by atoms with Gasteiger partial charge in [-0.3, -0.25) is 0 Å². The molecular formula is C15H21NO3. The van der Waals surface area contributed by atoms with Gasteiger partial charge in [0.2, 0.25) is 0 Å². The first kappa shape index (κ1) is 14.0. The molecule has 104 valence electrons. The Labute approximate surface area is 114 Å². The maximum Gasteiger partial charge on any atom is 0.338 e. The molecule has 0 radical (unpaired) electrons. The van der Waals surface area contributed by atoms with Crippen molar-refractivity contribution in [1.82, 2.24) is 5.32 Å². The van der Waals surface area contributed by atoms with Gasteiger partial charge in [-0.05, 0) is 30.9 Å². The summed E-state index contributed by atoms with van der Waals surface area (Å²) in [5.41, 5.74) is 1.60. The Bertz CT molecular complexity index is 433. The van der Waals surface area contributed by atoms with Crippen LogP contribution >= 0.6 is 0 Å². The summed E-state index contributed by atoms with van der Waals surface area (Å²) in [6.45, 7) is 0.662. The van der Waals surface area contributed by atoms with Gasteiger partial charge in [-0.25, -0.2) is 4.79 Å². The van der Waals surface area contributed by atoms with Gasteiger partial charge in [-0.2, -0.15) is 0 Å². The number of benzene rings is 1. The quantitative estimate of drug-likeness (QED) is 0.827. The molecule has 2 rings (SSSR count). The maximum atomic E-state index is 11.7. The predicted molar refractivity (Wildman–Crippen MR) is 73.1 cm³/mol. The number of methoxy groups -OCH3 is 2. The van der Waals surface area contributed by atoms with Crippen LogP contribution in [0.15, 0.2) is 24.3 Å². The molecule has 2 atom stereocenters. The van der Waals surface area contributed by atoms with E-state index in [-0.39, 0.29) is 12.1 Å². The van der Waals surface area contributed by atoms with Crippen LogP contribution in [0.4, 0.5) is 0 Å². The molecular weight excluding hydrogens is 242 g/mol. The van der Waals surface area contributed by atoms with E-state index < -0.39 is 0 Å². The van der Waals surface area contributed by atoms with Crippen molar-refractivity contribution in [2.45, 2.75) is 38.0 Å². The summed E-state index contributed by atoms with van der Waals surface area (Å²) in [7, 11) is 3.16. The van der Waals surface area contributed by atoms with Crippen LogP contribution in [0, 0.1) is 0 Å². The Hall–Kier alpha value is -1.39. The molecule has 2 unspecified atom stereocenters. The summed E-state index contributed by atoms with van der Waals surface area (Å²) in [6.07, 6.45) is 3.70. The first-order valence-electron chi connectivity index (χ1n) is 6.68. The van der Waals surface area contributed by atoms with Crippen molar-refractivity contribution in [3.05, 3.63) is 35.4 Å². The van der Waals surface area contributed by atoms with E-state index in [0.717, 1.165) is 18.4 Å². The Balaban J connectivity index is 2.01. The molecule has 1 fully saturated rings. The van der Waals surface area contributed by atoms with Crippen molar-refractivity contribution in [3.63, 3.8) is 0 Å². The summed E-state index contributed by atoms with van der Waals surface area (Å²) >= 11 is 0. The number of carbonyl (C=O) groups is 1. The molecule has 0 saturated heterocycles. The van der Waals surface area contributed by atoms with Gasteiger partial charge in [0.1, 0.15) is 0 Å². The Morgan fingerprint density at radius 2 is 2.11 bits per heavy atom. The van der Waals surface area contributed by atoms with Crippen LogP contribution in [-0.2, 0) is 16.0 Å². The van der Waals surface area contributed by atoms with Crippen LogP contribution in [-0.4, -0.2) is 32.3 Å². The highest BCUT2D eigenvalue weighted by Crippen LogP contribution is 2.22. The van der Waals surface area contributed by atoms with Crippen LogP contribution < -0.4 is 5.32 Å². The fraction of sp³-hybridized carbons (Fsp3) is 0.533. The largest absolute Gasteiger partial charge is 0.465 e. The van der Waals surface area contributed by atoms with E-state index >= 15 is 0 Å². The summed E-state index contributed by atoms with van der Waals surface area (Å²) in [4.78, 5) is 11.7. The molecule has 1 aliphatic carbocycles. The Kier molecular flexibility index (Phi) is 4.93. The van der Waals surface area contributed by atoms with Crippen LogP contribution in [0.25, 0.3) is 0 Å². The third-order valence-electron chi connectivity index (χ3n) is 3.73. The van der Waals surface area contributed by atoms with E-state index in [4.69, 9.17) is 9.47 Å². The molecule has 0 bridgehead atoms. The third-order valence-corrected chi connectivity index (χ3v) is 3.73. The van der Waals surface area contributed by atoms with Crippen molar-refractivity contribution in [2.75, 3.05) is 14.2 Å². The van der Waals surface area contributed by atoms with Crippen molar-refractivity contribution < 1.29 is 14.3 Å². The molecule has 0 spiro atoms. The lowest BCUT2D eigenvalue weighted by molar-refractivity contribution is 0.0599. The van der Waals surface area contributed by atoms with Crippen molar-refractivity contribution in [3.8, 4) is 0 Å². The van der Waals surface area contributed by atoms with Gasteiger partial charge < -0.3 is 14.8 Å². The molecule has 19 heavy (non-hydrogen) atoms. The zero-order chi connectivity index (χ0) is 13.7. The molecule has 0 amide bonds. The number of rotatable bonds is 5. The third kappa shape index (κ3) is 3.33. The van der Waals surface area contributed by atoms with Crippen LogP contribution in [0.5, 0.6) is 0 Å². The smallest absolute Gasteiger partial charge is 0.338 e. The van der Waals surface area contributed by atoms with Crippen LogP contribution in [0.3, 0.4) is 0 Å². The Morgan fingerprint density at radius 3 is 2.84 bits per heavy atom. The van der Waals surface area contributed by atoms with Crippen LogP contribution in [0.1, 0.15) is 35.2 Å². The molecule has 0 heterocycles. The molecule has 1 N–H and O–H groups in total. The Morgan fingerprint density at radius 1 is 1.32 bits per heavy atom. The van der Waals surface area contributed by atoms with Crippen LogP contribution in [0.2, 0.25) is 0 Å². The minimum absolute atomic E-state index is 0.283. The predicted octanol–water partition coefficient (Wildman–Crippen LogP) is 2.13. The minimum Gasteiger partial charge on any atom is -0.465 e. The number of hydrogen-bond donors (Lipinski definition) is 1. The van der Waals surface area contributed by atoms with E-state index in [9.17, 15) is 4.79 Å². The fourth-order valence-corrected chi connectivity index (χ4v) is 2.67. The van der Waals surface area contributed by atoms with Gasteiger partial charge in [0.05, 0.1) is 18.8 Å². The number of esters is 1. The zero-order valence-corrected chi connectivity index (χ0v) is 11.5. The highest BCUT2D eigenvalue weighted by molar-refractivity contribution is 5.90. The van der Waals surface area contributed by atoms with Gasteiger partial charge in [0, 0.05) is 19.7 Å². The molecule has 1 aromatic carbocycles. The van der Waals surface area contributed by atoms with Crippen molar-refractivity contribution >= 4 is 5.97 Å². The lowest BCUT2D eigenvalue weighted by atomic mass is 10.1. The molecule has 4 nitrogen and oxygen atoms in total. The first-order chi connectivity index (χ1) is 9.26. The molecule has 1 aliphatic rings. The lowest BCUT2D eigenvalue weighted by Gasteiger charge is -2.20. The monoisotopic (exact) mass is 263 g/mol. The summed E-state index contributed by atoms with van der Waals surface area (Å²) in [5, 5.41) is 3.49.